The van der Waals surface area contributed by atoms with E-state index in [1.54, 1.807) is 33.0 Å². The van der Waals surface area contributed by atoms with Crippen LogP contribution in [0.25, 0.3) is 0 Å². The van der Waals surface area contributed by atoms with Crippen molar-refractivity contribution in [3.63, 3.8) is 0 Å². The molecule has 8 atom stereocenters. The number of ether oxygens (including phenoxy) is 4. The minimum absolute atomic E-state index is 0.00571. The number of hydrogen-bond acceptors (Lipinski definition) is 9. The lowest BCUT2D eigenvalue weighted by molar-refractivity contribution is -0.159. The molecule has 0 unspecified atom stereocenters. The van der Waals surface area contributed by atoms with Gasteiger partial charge in [0.25, 0.3) is 0 Å². The van der Waals surface area contributed by atoms with Gasteiger partial charge in [0.1, 0.15) is 30.0 Å². The van der Waals surface area contributed by atoms with Crippen LogP contribution in [-0.4, -0.2) is 97.5 Å². The lowest BCUT2D eigenvalue weighted by Crippen LogP contribution is -2.63. The topological polar surface area (TPSA) is 130 Å². The summed E-state index contributed by atoms with van der Waals surface area (Å²) in [7, 11) is 4.99. The Bertz CT molecular complexity index is 1490. The Hall–Kier alpha value is -2.96. The van der Waals surface area contributed by atoms with E-state index < -0.39 is 59.8 Å². The first kappa shape index (κ1) is 38.8. The molecule has 2 amide bonds. The van der Waals surface area contributed by atoms with Crippen LogP contribution < -0.4 is 10.2 Å². The second-order valence-electron chi connectivity index (χ2n) is 15.5. The lowest BCUT2D eigenvalue weighted by Gasteiger charge is -2.42. The second kappa shape index (κ2) is 14.7. The number of rotatable bonds is 5. The predicted octanol–water partition coefficient (Wildman–Crippen LogP) is 5.33. The number of nitrogens with zero attached hydrogens (tertiary/aromatic N) is 2. The van der Waals surface area contributed by atoms with Gasteiger partial charge in [-0.05, 0) is 63.8 Å². The van der Waals surface area contributed by atoms with E-state index in [0.29, 0.717) is 23.7 Å². The Balaban J connectivity index is 1.76. The van der Waals surface area contributed by atoms with Crippen molar-refractivity contribution < 1.29 is 38.4 Å². The fourth-order valence-corrected chi connectivity index (χ4v) is 7.18. The van der Waals surface area contributed by atoms with E-state index in [0.717, 1.165) is 16.7 Å². The molecule has 2 N–H and O–H groups in total. The van der Waals surface area contributed by atoms with E-state index in [1.807, 2.05) is 50.9 Å². The highest BCUT2D eigenvalue weighted by molar-refractivity contribution is 6.34. The number of hydrogen-bond donors (Lipinski definition) is 2. The first-order valence-corrected chi connectivity index (χ1v) is 17.3. The summed E-state index contributed by atoms with van der Waals surface area (Å²) in [6.07, 6.45) is 1.79. The van der Waals surface area contributed by atoms with Crippen molar-refractivity contribution in [2.75, 3.05) is 32.6 Å². The molecule has 12 heteroatoms. The normalized spacial score (nSPS) is 33.5. The Labute approximate surface area is 295 Å². The largest absolute Gasteiger partial charge is 0.457 e. The molecule has 3 aliphatic heterocycles. The third-order valence-corrected chi connectivity index (χ3v) is 10.4. The van der Waals surface area contributed by atoms with Crippen LogP contribution >= 0.6 is 11.6 Å². The van der Waals surface area contributed by atoms with Crippen molar-refractivity contribution in [3.8, 4) is 0 Å². The molecular formula is C37H54ClN3O8. The number of fused-ring (bicyclic) bond motifs is 5. The first-order valence-electron chi connectivity index (χ1n) is 16.9. The maximum absolute atomic E-state index is 14.0. The van der Waals surface area contributed by atoms with Crippen molar-refractivity contribution >= 4 is 35.3 Å². The van der Waals surface area contributed by atoms with Crippen molar-refractivity contribution in [2.45, 2.75) is 116 Å². The molecule has 3 heterocycles. The lowest BCUT2D eigenvalue weighted by atomic mass is 9.83. The maximum Gasteiger partial charge on any atom is 0.409 e. The highest BCUT2D eigenvalue weighted by Crippen LogP contribution is 2.49. The number of likely N-dealkylation sites (N-methyl/N-ethyl adjacent to an activating group) is 1. The minimum Gasteiger partial charge on any atom is -0.457 e. The number of aliphatic hydroxyl groups is 1. The summed E-state index contributed by atoms with van der Waals surface area (Å²) in [5, 5.41) is 14.7. The van der Waals surface area contributed by atoms with Crippen LogP contribution in [0.5, 0.6) is 0 Å². The molecule has 0 aliphatic carbocycles. The van der Waals surface area contributed by atoms with E-state index in [2.05, 4.69) is 26.1 Å². The molecule has 4 rings (SSSR count). The first-order chi connectivity index (χ1) is 22.7. The number of allylic oxidation sites excluding steroid dienone is 3. The van der Waals surface area contributed by atoms with Crippen LogP contribution in [0.15, 0.2) is 35.9 Å². The quantitative estimate of drug-likeness (QED) is 0.309. The molecule has 0 spiro atoms. The van der Waals surface area contributed by atoms with Gasteiger partial charge in [0.05, 0.1) is 23.2 Å². The van der Waals surface area contributed by atoms with Gasteiger partial charge in [-0.15, -0.1) is 0 Å². The molecule has 0 saturated carbocycles. The van der Waals surface area contributed by atoms with Crippen LogP contribution in [0.2, 0.25) is 5.02 Å². The fourth-order valence-electron chi connectivity index (χ4n) is 6.95. The second-order valence-corrected chi connectivity index (χ2v) is 15.9. The number of anilines is 1. The fraction of sp³-hybridized carbons (Fsp3) is 0.649. The van der Waals surface area contributed by atoms with Gasteiger partial charge in [-0.2, -0.15) is 0 Å². The molecule has 1 aromatic carbocycles. The number of epoxide rings is 1. The molecule has 4 bridgehead atoms. The summed E-state index contributed by atoms with van der Waals surface area (Å²) in [6.45, 7) is 16.2. The van der Waals surface area contributed by atoms with Crippen LogP contribution in [0.1, 0.15) is 72.4 Å². The van der Waals surface area contributed by atoms with Gasteiger partial charge in [0.15, 0.2) is 5.72 Å². The van der Waals surface area contributed by atoms with Gasteiger partial charge in [-0.1, -0.05) is 69.2 Å². The highest BCUT2D eigenvalue weighted by Gasteiger charge is 2.64. The van der Waals surface area contributed by atoms with Gasteiger partial charge >= 0.3 is 12.1 Å². The van der Waals surface area contributed by atoms with Crippen molar-refractivity contribution in [1.82, 2.24) is 10.2 Å². The third-order valence-electron chi connectivity index (χ3n) is 9.93. The molecule has 49 heavy (non-hydrogen) atoms. The molecule has 2 fully saturated rings. The number of esters is 1. The number of methoxy groups -OCH3 is 1. The number of benzene rings is 1. The molecular weight excluding hydrogens is 650 g/mol. The summed E-state index contributed by atoms with van der Waals surface area (Å²) >= 11 is 6.77. The monoisotopic (exact) mass is 703 g/mol. The van der Waals surface area contributed by atoms with Crippen LogP contribution in [0.3, 0.4) is 0 Å². The Morgan fingerprint density at radius 1 is 1.27 bits per heavy atom. The average Bonchev–Trinajstić information content (AvgIpc) is 3.69. The standard InChI is InChI=1S/C37H54ClN3O8/c1-21-13-12-14-28(46-11)37(45)19-27(47-34(44)39-37)23(3)32-36(8,49-32)29(48-33(43)24(4)40(9)20-35(5,6)7)18-30(42)41(10)26-17-25(15-21)16-22(2)31(26)38/h12-14,16-17,23-24,27-29,32,45H,15,18-20H2,1-11H3,(H,39,44)/b14-12+,21-13+/t23-,24+,27+,28-,29+,32+,36+,37+/m1/s1. The summed E-state index contributed by atoms with van der Waals surface area (Å²) in [5.41, 5.74) is 0.402. The smallest absolute Gasteiger partial charge is 0.409 e. The number of alkyl carbamates (subject to hydrolysis) is 1. The molecule has 11 nitrogen and oxygen atoms in total. The summed E-state index contributed by atoms with van der Waals surface area (Å²) in [4.78, 5) is 44.0. The van der Waals surface area contributed by atoms with Crippen molar-refractivity contribution in [2.24, 2.45) is 11.3 Å². The Kier molecular flexibility index (Phi) is 11.7. The van der Waals surface area contributed by atoms with Gasteiger partial charge in [-0.3, -0.25) is 19.8 Å². The number of halogens is 1. The van der Waals surface area contributed by atoms with E-state index in [9.17, 15) is 19.5 Å². The molecule has 2 saturated heterocycles. The summed E-state index contributed by atoms with van der Waals surface area (Å²) < 4.78 is 23.8. The number of nitrogens with one attached hydrogen (secondary N) is 1. The van der Waals surface area contributed by atoms with E-state index in [-0.39, 0.29) is 24.2 Å². The van der Waals surface area contributed by atoms with Gasteiger partial charge in [-0.25, -0.2) is 4.79 Å². The summed E-state index contributed by atoms with van der Waals surface area (Å²) in [6, 6.07) is 3.29. The zero-order chi connectivity index (χ0) is 36.6. The zero-order valence-electron chi connectivity index (χ0n) is 30.8. The molecule has 272 valence electrons. The van der Waals surface area contributed by atoms with Crippen LogP contribution in [0.4, 0.5) is 10.5 Å². The Morgan fingerprint density at radius 3 is 2.57 bits per heavy atom. The number of amides is 2. The van der Waals surface area contributed by atoms with Crippen molar-refractivity contribution in [1.29, 1.82) is 0 Å². The van der Waals surface area contributed by atoms with Gasteiger partial charge in [0, 0.05) is 33.0 Å². The molecule has 1 aromatic rings. The van der Waals surface area contributed by atoms with Gasteiger partial charge < -0.3 is 29.0 Å². The average molecular weight is 704 g/mol. The number of carbonyl (C=O) groups excluding carboxylic acids is 3. The third kappa shape index (κ3) is 8.86. The van der Waals surface area contributed by atoms with E-state index in [1.165, 1.54) is 12.0 Å². The highest BCUT2D eigenvalue weighted by atomic mass is 35.5. The summed E-state index contributed by atoms with van der Waals surface area (Å²) in [5.74, 6) is -1.24. The molecule has 0 radical (unpaired) electrons. The van der Waals surface area contributed by atoms with Crippen LogP contribution in [-0.2, 0) is 35.0 Å². The maximum atomic E-state index is 14.0. The Morgan fingerprint density at radius 2 is 1.94 bits per heavy atom. The minimum atomic E-state index is -1.77. The van der Waals surface area contributed by atoms with E-state index >= 15 is 0 Å². The number of aryl methyl sites for hydroxylation is 1. The van der Waals surface area contributed by atoms with Gasteiger partial charge in [0.2, 0.25) is 5.91 Å². The van der Waals surface area contributed by atoms with Crippen LogP contribution in [0, 0.1) is 18.3 Å². The molecule has 0 aromatic heterocycles. The van der Waals surface area contributed by atoms with E-state index in [4.69, 9.17) is 30.5 Å². The predicted molar refractivity (Wildman–Crippen MR) is 188 cm³/mol. The SMILES string of the molecule is CO[C@@H]1/C=C/C=C(\C)Cc2cc(C)c(Cl)c(c2)N(C)C(=O)C[C@H](OC(=O)[C@H](C)N(C)CC(C)(C)C)[C@]2(C)O[C@H]2[C@H](C)[C@@H]2C[C@@]1(O)NC(=O)O2. The molecule has 3 aliphatic rings. The van der Waals surface area contributed by atoms with Crippen molar-refractivity contribution in [3.05, 3.63) is 52.1 Å². The number of carbonyl (C=O) groups is 3. The zero-order valence-corrected chi connectivity index (χ0v) is 31.5.